The number of rotatable bonds is 4. The van der Waals surface area contributed by atoms with Crippen molar-refractivity contribution in [2.24, 2.45) is 11.1 Å². The van der Waals surface area contributed by atoms with E-state index in [2.05, 4.69) is 46.6 Å². The van der Waals surface area contributed by atoms with Gasteiger partial charge in [0.25, 0.3) is 5.91 Å². The van der Waals surface area contributed by atoms with Crippen LogP contribution in [0.1, 0.15) is 11.1 Å². The zero-order valence-corrected chi connectivity index (χ0v) is 14.2. The van der Waals surface area contributed by atoms with Gasteiger partial charge < -0.3 is 10.2 Å². The number of fused-ring (bicyclic) bond motifs is 1. The Bertz CT molecular complexity index is 804. The summed E-state index contributed by atoms with van der Waals surface area (Å²) in [6, 6.07) is 18.0. The highest BCUT2D eigenvalue weighted by molar-refractivity contribution is 6.44. The van der Waals surface area contributed by atoms with Gasteiger partial charge in [0.1, 0.15) is 6.10 Å². The maximum absolute atomic E-state index is 12.5. The zero-order valence-electron chi connectivity index (χ0n) is 14.2. The maximum Gasteiger partial charge on any atom is 0.273 e. The Hall–Kier alpha value is -2.66. The van der Waals surface area contributed by atoms with Crippen LogP contribution in [0.2, 0.25) is 0 Å². The van der Waals surface area contributed by atoms with Crippen LogP contribution < -0.4 is 5.32 Å². The standard InChI is InChI=1S/C20H21N3O2/c1-14-6-5-7-15(10-14)11-23-12-17-18(13-23)25-22-19(17)20(24)21-16-8-3-2-4-9-16/h2-10,17-18H,11-13H2,1H3,(H,21,24)/t17-,18+/m0/s1. The summed E-state index contributed by atoms with van der Waals surface area (Å²) >= 11 is 0. The Labute approximate surface area is 147 Å². The topological polar surface area (TPSA) is 53.9 Å². The first kappa shape index (κ1) is 15.8. The number of hydrogen-bond donors (Lipinski definition) is 1. The molecular weight excluding hydrogens is 314 g/mol. The molecule has 2 aliphatic rings. The van der Waals surface area contributed by atoms with Crippen LogP contribution in [0, 0.1) is 12.8 Å². The minimum atomic E-state index is -0.170. The van der Waals surface area contributed by atoms with Crippen molar-refractivity contribution in [2.45, 2.75) is 19.6 Å². The highest BCUT2D eigenvalue weighted by Gasteiger charge is 2.44. The maximum atomic E-state index is 12.5. The van der Waals surface area contributed by atoms with Crippen LogP contribution in [0.5, 0.6) is 0 Å². The quantitative estimate of drug-likeness (QED) is 0.935. The second-order valence-electron chi connectivity index (χ2n) is 6.73. The molecule has 25 heavy (non-hydrogen) atoms. The molecule has 1 amide bonds. The number of benzene rings is 2. The van der Waals surface area contributed by atoms with Crippen molar-refractivity contribution in [2.75, 3.05) is 18.4 Å². The number of aryl methyl sites for hydroxylation is 1. The molecule has 0 radical (unpaired) electrons. The molecule has 0 aromatic heterocycles. The molecule has 2 aliphatic heterocycles. The Balaban J connectivity index is 1.40. The number of nitrogens with zero attached hydrogens (tertiary/aromatic N) is 2. The van der Waals surface area contributed by atoms with Crippen LogP contribution in [0.3, 0.4) is 0 Å². The SMILES string of the molecule is Cc1cccc(CN2C[C@@H]3C(C(=O)Nc4ccccc4)=NO[C@@H]3C2)c1. The van der Waals surface area contributed by atoms with Crippen LogP contribution >= 0.6 is 0 Å². The molecular formula is C20H21N3O2. The first-order chi connectivity index (χ1) is 12.2. The molecule has 5 heteroatoms. The molecule has 1 N–H and O–H groups in total. The third kappa shape index (κ3) is 3.42. The van der Waals surface area contributed by atoms with E-state index < -0.39 is 0 Å². The van der Waals surface area contributed by atoms with Crippen molar-refractivity contribution in [3.63, 3.8) is 0 Å². The van der Waals surface area contributed by atoms with Gasteiger partial charge in [-0.2, -0.15) is 0 Å². The second-order valence-corrected chi connectivity index (χ2v) is 6.73. The number of oxime groups is 1. The highest BCUT2D eigenvalue weighted by atomic mass is 16.6. The lowest BCUT2D eigenvalue weighted by Gasteiger charge is -2.16. The molecule has 4 rings (SSSR count). The fourth-order valence-electron chi connectivity index (χ4n) is 3.54. The lowest BCUT2D eigenvalue weighted by Crippen LogP contribution is -2.32. The van der Waals surface area contributed by atoms with E-state index in [4.69, 9.17) is 4.84 Å². The number of amides is 1. The number of para-hydroxylation sites is 1. The fourth-order valence-corrected chi connectivity index (χ4v) is 3.54. The number of nitrogens with one attached hydrogen (secondary N) is 1. The molecule has 0 aliphatic carbocycles. The van der Waals surface area contributed by atoms with Crippen LogP contribution in [0.4, 0.5) is 5.69 Å². The molecule has 2 atom stereocenters. The van der Waals surface area contributed by atoms with E-state index in [1.807, 2.05) is 30.3 Å². The minimum absolute atomic E-state index is 0.0265. The van der Waals surface area contributed by atoms with Crippen LogP contribution in [-0.4, -0.2) is 35.7 Å². The molecule has 0 spiro atoms. The van der Waals surface area contributed by atoms with Gasteiger partial charge in [-0.15, -0.1) is 0 Å². The highest BCUT2D eigenvalue weighted by Crippen LogP contribution is 2.29. The normalized spacial score (nSPS) is 22.2. The summed E-state index contributed by atoms with van der Waals surface area (Å²) in [7, 11) is 0. The van der Waals surface area contributed by atoms with Gasteiger partial charge in [-0.1, -0.05) is 53.2 Å². The van der Waals surface area contributed by atoms with Gasteiger partial charge in [0.2, 0.25) is 0 Å². The van der Waals surface area contributed by atoms with Gasteiger partial charge in [0, 0.05) is 25.3 Å². The van der Waals surface area contributed by atoms with E-state index in [0.717, 1.165) is 25.3 Å². The third-order valence-corrected chi connectivity index (χ3v) is 4.73. The van der Waals surface area contributed by atoms with Crippen LogP contribution in [-0.2, 0) is 16.2 Å². The number of anilines is 1. The minimum Gasteiger partial charge on any atom is -0.390 e. The van der Waals surface area contributed by atoms with E-state index in [-0.39, 0.29) is 17.9 Å². The van der Waals surface area contributed by atoms with Crippen LogP contribution in [0.15, 0.2) is 59.8 Å². The van der Waals surface area contributed by atoms with E-state index >= 15 is 0 Å². The zero-order chi connectivity index (χ0) is 17.2. The molecule has 5 nitrogen and oxygen atoms in total. The first-order valence-electron chi connectivity index (χ1n) is 8.57. The first-order valence-corrected chi connectivity index (χ1v) is 8.57. The van der Waals surface area contributed by atoms with E-state index in [1.165, 1.54) is 11.1 Å². The van der Waals surface area contributed by atoms with Gasteiger partial charge in [-0.05, 0) is 24.6 Å². The summed E-state index contributed by atoms with van der Waals surface area (Å²) in [6.45, 7) is 4.56. The van der Waals surface area contributed by atoms with Crippen molar-refractivity contribution in [1.82, 2.24) is 4.90 Å². The van der Waals surface area contributed by atoms with E-state index in [0.29, 0.717) is 5.71 Å². The molecule has 2 aromatic rings. The molecule has 0 unspecified atom stereocenters. The largest absolute Gasteiger partial charge is 0.390 e. The fraction of sp³-hybridized carbons (Fsp3) is 0.300. The molecule has 2 heterocycles. The average molecular weight is 335 g/mol. The van der Waals surface area contributed by atoms with Crippen LogP contribution in [0.25, 0.3) is 0 Å². The predicted molar refractivity (Wildman–Crippen MR) is 97.3 cm³/mol. The number of carbonyl (C=O) groups is 1. The van der Waals surface area contributed by atoms with Crippen molar-refractivity contribution < 1.29 is 9.63 Å². The molecule has 128 valence electrons. The van der Waals surface area contributed by atoms with E-state index in [1.54, 1.807) is 0 Å². The molecule has 2 aromatic carbocycles. The van der Waals surface area contributed by atoms with Crippen molar-refractivity contribution in [1.29, 1.82) is 0 Å². The predicted octanol–water partition coefficient (Wildman–Crippen LogP) is 2.82. The summed E-state index contributed by atoms with van der Waals surface area (Å²) in [4.78, 5) is 20.4. The van der Waals surface area contributed by atoms with Crippen molar-refractivity contribution in [3.05, 3.63) is 65.7 Å². The molecule has 0 saturated carbocycles. The number of hydrogen-bond acceptors (Lipinski definition) is 4. The third-order valence-electron chi connectivity index (χ3n) is 4.73. The Morgan fingerprint density at radius 3 is 2.84 bits per heavy atom. The summed E-state index contributed by atoms with van der Waals surface area (Å²) < 4.78 is 0. The van der Waals surface area contributed by atoms with Crippen molar-refractivity contribution >= 4 is 17.3 Å². The van der Waals surface area contributed by atoms with Gasteiger partial charge in [0.05, 0.1) is 5.92 Å². The lowest BCUT2D eigenvalue weighted by atomic mass is 10.0. The monoisotopic (exact) mass is 335 g/mol. The van der Waals surface area contributed by atoms with E-state index in [9.17, 15) is 4.79 Å². The van der Waals surface area contributed by atoms with Crippen molar-refractivity contribution in [3.8, 4) is 0 Å². The Morgan fingerprint density at radius 1 is 1.20 bits per heavy atom. The Kier molecular flexibility index (Phi) is 4.24. The summed E-state index contributed by atoms with van der Waals surface area (Å²) in [5, 5.41) is 6.95. The van der Waals surface area contributed by atoms with Gasteiger partial charge >= 0.3 is 0 Å². The Morgan fingerprint density at radius 2 is 2.04 bits per heavy atom. The summed E-state index contributed by atoms with van der Waals surface area (Å²) in [6.07, 6.45) is -0.0265. The molecule has 0 bridgehead atoms. The molecule has 1 saturated heterocycles. The van der Waals surface area contributed by atoms with Gasteiger partial charge in [-0.3, -0.25) is 9.69 Å². The average Bonchev–Trinajstić information content (AvgIpc) is 3.15. The smallest absolute Gasteiger partial charge is 0.273 e. The lowest BCUT2D eigenvalue weighted by molar-refractivity contribution is -0.110. The second kappa shape index (κ2) is 6.69. The number of carbonyl (C=O) groups excluding carboxylic acids is 1. The molecule has 1 fully saturated rings. The van der Waals surface area contributed by atoms with Gasteiger partial charge in [-0.25, -0.2) is 0 Å². The summed E-state index contributed by atoms with van der Waals surface area (Å²) in [5.41, 5.74) is 3.82. The van der Waals surface area contributed by atoms with Gasteiger partial charge in [0.15, 0.2) is 5.71 Å². The number of likely N-dealkylation sites (tertiary alicyclic amines) is 1. The summed E-state index contributed by atoms with van der Waals surface area (Å²) in [5.74, 6) is -0.135.